The molecule has 1 saturated heterocycles. The summed E-state index contributed by atoms with van der Waals surface area (Å²) in [6, 6.07) is 7.41. The van der Waals surface area contributed by atoms with Gasteiger partial charge in [-0.1, -0.05) is 32.9 Å². The zero-order valence-corrected chi connectivity index (χ0v) is 16.1. The number of epoxide rings is 1. The molecule has 0 aliphatic carbocycles. The van der Waals surface area contributed by atoms with Crippen LogP contribution in [0.2, 0.25) is 18.1 Å². The van der Waals surface area contributed by atoms with Gasteiger partial charge in [0.15, 0.2) is 5.78 Å². The van der Waals surface area contributed by atoms with Gasteiger partial charge in [-0.15, -0.1) is 0 Å². The smallest absolute Gasteiger partial charge is 0.250 e. The van der Waals surface area contributed by atoms with Gasteiger partial charge in [-0.2, -0.15) is 0 Å². The SMILES string of the molecule is CC1(C(=O)[C@@H](N)Cc2ccc(O[Si](C)(C)C(C)(C)C)cc2)CO1. The zero-order valence-electron chi connectivity index (χ0n) is 15.1. The Morgan fingerprint density at radius 3 is 2.30 bits per heavy atom. The van der Waals surface area contributed by atoms with Crippen LogP contribution in [0.1, 0.15) is 33.3 Å². The molecule has 1 aromatic rings. The molecule has 0 spiro atoms. The highest BCUT2D eigenvalue weighted by molar-refractivity contribution is 6.74. The summed E-state index contributed by atoms with van der Waals surface area (Å²) in [6.45, 7) is 13.4. The van der Waals surface area contributed by atoms with Crippen LogP contribution in [0.3, 0.4) is 0 Å². The first-order valence-electron chi connectivity index (χ1n) is 8.16. The average molecular weight is 336 g/mol. The number of rotatable bonds is 6. The standard InChI is InChI=1S/C18H29NO3Si/c1-17(2,3)23(5,6)22-14-9-7-13(8-10-14)11-15(19)16(20)18(4)12-21-18/h7-10,15H,11-12,19H2,1-6H3/t15-,18?/m0/s1. The monoisotopic (exact) mass is 335 g/mol. The summed E-state index contributed by atoms with van der Waals surface area (Å²) < 4.78 is 11.4. The van der Waals surface area contributed by atoms with Gasteiger partial charge in [-0.05, 0) is 49.2 Å². The van der Waals surface area contributed by atoms with Gasteiger partial charge in [0.1, 0.15) is 11.4 Å². The number of ketones is 1. The molecule has 0 radical (unpaired) electrons. The lowest BCUT2D eigenvalue weighted by atomic mass is 9.96. The highest BCUT2D eigenvalue weighted by atomic mass is 28.4. The Morgan fingerprint density at radius 1 is 1.35 bits per heavy atom. The maximum Gasteiger partial charge on any atom is 0.250 e. The molecule has 23 heavy (non-hydrogen) atoms. The van der Waals surface area contributed by atoms with Crippen molar-refractivity contribution in [2.24, 2.45) is 5.73 Å². The molecule has 1 aromatic carbocycles. The number of hydrogen-bond acceptors (Lipinski definition) is 4. The van der Waals surface area contributed by atoms with E-state index in [1.807, 2.05) is 24.3 Å². The third-order valence-electron chi connectivity index (χ3n) is 4.99. The predicted molar refractivity (Wildman–Crippen MR) is 95.3 cm³/mol. The van der Waals surface area contributed by atoms with Gasteiger partial charge < -0.3 is 14.9 Å². The minimum Gasteiger partial charge on any atom is -0.544 e. The van der Waals surface area contributed by atoms with E-state index in [1.165, 1.54) is 0 Å². The lowest BCUT2D eigenvalue weighted by molar-refractivity contribution is -0.124. The van der Waals surface area contributed by atoms with Crippen LogP contribution in [0.5, 0.6) is 5.75 Å². The molecule has 1 aliphatic rings. The van der Waals surface area contributed by atoms with Crippen molar-refractivity contribution in [3.05, 3.63) is 29.8 Å². The van der Waals surface area contributed by atoms with Crippen molar-refractivity contribution in [1.29, 1.82) is 0 Å². The van der Waals surface area contributed by atoms with Crippen LogP contribution >= 0.6 is 0 Å². The largest absolute Gasteiger partial charge is 0.544 e. The second-order valence-corrected chi connectivity index (χ2v) is 12.9. The van der Waals surface area contributed by atoms with E-state index in [-0.39, 0.29) is 10.8 Å². The lowest BCUT2D eigenvalue weighted by Crippen LogP contribution is -2.43. The predicted octanol–water partition coefficient (Wildman–Crippen LogP) is 3.30. The number of carbonyl (C=O) groups is 1. The first-order chi connectivity index (χ1) is 10.4. The van der Waals surface area contributed by atoms with E-state index >= 15 is 0 Å². The number of Topliss-reactive ketones (excluding diaryl/α,β-unsaturated/α-hetero) is 1. The highest BCUT2D eigenvalue weighted by Crippen LogP contribution is 2.37. The Hall–Kier alpha value is -1.17. The molecule has 1 unspecified atom stereocenters. The van der Waals surface area contributed by atoms with Gasteiger partial charge in [-0.3, -0.25) is 4.79 Å². The van der Waals surface area contributed by atoms with Gasteiger partial charge in [-0.25, -0.2) is 0 Å². The Balaban J connectivity index is 1.98. The fourth-order valence-electron chi connectivity index (χ4n) is 2.13. The van der Waals surface area contributed by atoms with E-state index in [0.717, 1.165) is 11.3 Å². The molecular weight excluding hydrogens is 306 g/mol. The molecule has 1 heterocycles. The van der Waals surface area contributed by atoms with E-state index in [0.29, 0.717) is 13.0 Å². The Bertz CT molecular complexity index is 571. The number of nitrogens with two attached hydrogens (primary N) is 1. The van der Waals surface area contributed by atoms with Crippen LogP contribution in [-0.4, -0.2) is 32.4 Å². The van der Waals surface area contributed by atoms with E-state index in [2.05, 4.69) is 33.9 Å². The molecule has 1 aliphatic heterocycles. The fraction of sp³-hybridized carbons (Fsp3) is 0.611. The second-order valence-electron chi connectivity index (χ2n) is 8.20. The molecule has 0 amide bonds. The van der Waals surface area contributed by atoms with Gasteiger partial charge in [0.05, 0.1) is 12.6 Å². The van der Waals surface area contributed by atoms with E-state index < -0.39 is 20.0 Å². The van der Waals surface area contributed by atoms with Crippen molar-refractivity contribution in [3.8, 4) is 5.75 Å². The van der Waals surface area contributed by atoms with Crippen molar-refractivity contribution >= 4 is 14.1 Å². The summed E-state index contributed by atoms with van der Waals surface area (Å²) in [4.78, 5) is 12.1. The first-order valence-corrected chi connectivity index (χ1v) is 11.1. The summed E-state index contributed by atoms with van der Waals surface area (Å²) in [6.07, 6.45) is 0.526. The van der Waals surface area contributed by atoms with Crippen LogP contribution in [0.25, 0.3) is 0 Å². The minimum absolute atomic E-state index is 0.0147. The number of hydrogen-bond donors (Lipinski definition) is 1. The summed E-state index contributed by atoms with van der Waals surface area (Å²) in [5.74, 6) is 0.872. The number of carbonyl (C=O) groups excluding carboxylic acids is 1. The molecule has 2 N–H and O–H groups in total. The molecular formula is C18H29NO3Si. The Morgan fingerprint density at radius 2 is 1.87 bits per heavy atom. The van der Waals surface area contributed by atoms with E-state index in [1.54, 1.807) is 6.92 Å². The molecule has 0 bridgehead atoms. The summed E-state index contributed by atoms with van der Waals surface area (Å²) in [5.41, 5.74) is 6.41. The summed E-state index contributed by atoms with van der Waals surface area (Å²) >= 11 is 0. The van der Waals surface area contributed by atoms with Crippen LogP contribution in [0.15, 0.2) is 24.3 Å². The summed E-state index contributed by atoms with van der Waals surface area (Å²) in [7, 11) is -1.82. The van der Waals surface area contributed by atoms with Crippen LogP contribution in [-0.2, 0) is 16.0 Å². The molecule has 1 fully saturated rings. The van der Waals surface area contributed by atoms with E-state index in [9.17, 15) is 4.79 Å². The van der Waals surface area contributed by atoms with Crippen molar-refractivity contribution in [3.63, 3.8) is 0 Å². The number of benzene rings is 1. The maximum atomic E-state index is 12.1. The molecule has 0 saturated carbocycles. The van der Waals surface area contributed by atoms with Crippen molar-refractivity contribution < 1.29 is 14.0 Å². The van der Waals surface area contributed by atoms with Gasteiger partial charge in [0.2, 0.25) is 8.32 Å². The normalized spacial score (nSPS) is 22.6. The maximum absolute atomic E-state index is 12.1. The summed E-state index contributed by atoms with van der Waals surface area (Å²) in [5, 5.41) is 0.167. The average Bonchev–Trinajstić information content (AvgIpc) is 3.17. The molecule has 2 rings (SSSR count). The van der Waals surface area contributed by atoms with Crippen LogP contribution < -0.4 is 10.2 Å². The third-order valence-corrected chi connectivity index (χ3v) is 9.35. The fourth-order valence-corrected chi connectivity index (χ4v) is 3.16. The van der Waals surface area contributed by atoms with Crippen molar-refractivity contribution in [2.45, 2.75) is 63.9 Å². The first kappa shape index (κ1) is 18.2. The Kier molecular flexibility index (Phi) is 4.77. The molecule has 4 nitrogen and oxygen atoms in total. The van der Waals surface area contributed by atoms with E-state index in [4.69, 9.17) is 14.9 Å². The van der Waals surface area contributed by atoms with Crippen molar-refractivity contribution in [2.75, 3.05) is 6.61 Å². The van der Waals surface area contributed by atoms with Crippen LogP contribution in [0.4, 0.5) is 0 Å². The Labute approximate surface area is 140 Å². The minimum atomic E-state index is -1.82. The quantitative estimate of drug-likeness (QED) is 0.640. The van der Waals surface area contributed by atoms with Gasteiger partial charge >= 0.3 is 0 Å². The molecule has 0 aromatic heterocycles. The highest BCUT2D eigenvalue weighted by Gasteiger charge is 2.48. The molecule has 5 heteroatoms. The second kappa shape index (κ2) is 6.04. The van der Waals surface area contributed by atoms with Crippen LogP contribution in [0, 0.1) is 0 Å². The van der Waals surface area contributed by atoms with Gasteiger partial charge in [0.25, 0.3) is 0 Å². The molecule has 2 atom stereocenters. The molecule has 128 valence electrons. The zero-order chi connectivity index (χ0) is 17.5. The van der Waals surface area contributed by atoms with Gasteiger partial charge in [0, 0.05) is 0 Å². The van der Waals surface area contributed by atoms with Crippen molar-refractivity contribution in [1.82, 2.24) is 0 Å². The lowest BCUT2D eigenvalue weighted by Gasteiger charge is -2.36. The topological polar surface area (TPSA) is 64.9 Å². The number of ether oxygens (including phenoxy) is 1. The third kappa shape index (κ3) is 4.22.